The van der Waals surface area contributed by atoms with Crippen molar-refractivity contribution >= 4 is 11.4 Å². The number of aliphatic hydroxyl groups excluding tert-OH is 1. The minimum atomic E-state index is -0.414. The van der Waals surface area contributed by atoms with Gasteiger partial charge in [0, 0.05) is 6.04 Å². The van der Waals surface area contributed by atoms with E-state index in [1.54, 1.807) is 12.1 Å². The molecule has 19 heavy (non-hydrogen) atoms. The fourth-order valence-corrected chi connectivity index (χ4v) is 2.35. The molecule has 2 N–H and O–H groups in total. The Morgan fingerprint density at radius 3 is 2.63 bits per heavy atom. The van der Waals surface area contributed by atoms with E-state index in [1.165, 1.54) is 13.2 Å². The summed E-state index contributed by atoms with van der Waals surface area (Å²) in [5.74, 6) is 0.469. The summed E-state index contributed by atoms with van der Waals surface area (Å²) in [6.45, 7) is 0. The van der Waals surface area contributed by atoms with Crippen LogP contribution in [-0.2, 0) is 0 Å². The molecule has 1 aromatic rings. The Morgan fingerprint density at radius 2 is 2.05 bits per heavy atom. The lowest BCUT2D eigenvalue weighted by Gasteiger charge is -2.26. The van der Waals surface area contributed by atoms with Crippen LogP contribution >= 0.6 is 0 Å². The van der Waals surface area contributed by atoms with E-state index in [1.807, 2.05) is 0 Å². The summed E-state index contributed by atoms with van der Waals surface area (Å²) in [6.07, 6.45) is 2.89. The number of nitro groups is 1. The first-order valence-corrected chi connectivity index (χ1v) is 6.37. The van der Waals surface area contributed by atoms with Crippen LogP contribution in [0.4, 0.5) is 11.4 Å². The molecule has 0 unspecified atom stereocenters. The maximum Gasteiger partial charge on any atom is 0.296 e. The lowest BCUT2D eigenvalue weighted by atomic mass is 9.93. The number of anilines is 1. The lowest BCUT2D eigenvalue weighted by Crippen LogP contribution is -2.28. The summed E-state index contributed by atoms with van der Waals surface area (Å²) in [7, 11) is 1.48. The van der Waals surface area contributed by atoms with Crippen LogP contribution in [0.15, 0.2) is 18.2 Å². The van der Waals surface area contributed by atoms with Gasteiger partial charge in [0.2, 0.25) is 0 Å². The van der Waals surface area contributed by atoms with Crippen LogP contribution in [0.3, 0.4) is 0 Å². The molecule has 0 aliphatic heterocycles. The topological polar surface area (TPSA) is 84.6 Å². The molecule has 6 nitrogen and oxygen atoms in total. The van der Waals surface area contributed by atoms with Crippen LogP contribution in [-0.4, -0.2) is 29.3 Å². The van der Waals surface area contributed by atoms with Crippen LogP contribution in [0.5, 0.6) is 5.75 Å². The number of hydrogen-bond acceptors (Lipinski definition) is 5. The minimum Gasteiger partial charge on any atom is -0.496 e. The van der Waals surface area contributed by atoms with Crippen molar-refractivity contribution in [2.45, 2.75) is 37.8 Å². The van der Waals surface area contributed by atoms with Crippen LogP contribution in [0.2, 0.25) is 0 Å². The number of methoxy groups -OCH3 is 1. The van der Waals surface area contributed by atoms with Crippen molar-refractivity contribution in [2.75, 3.05) is 12.4 Å². The number of nitro benzene ring substituents is 1. The molecule has 1 aromatic carbocycles. The molecular formula is C13H18N2O4. The first-order chi connectivity index (χ1) is 9.10. The first kappa shape index (κ1) is 13.6. The molecular weight excluding hydrogens is 248 g/mol. The van der Waals surface area contributed by atoms with Gasteiger partial charge in [-0.25, -0.2) is 0 Å². The van der Waals surface area contributed by atoms with Gasteiger partial charge in [-0.15, -0.1) is 0 Å². The van der Waals surface area contributed by atoms with E-state index in [4.69, 9.17) is 4.74 Å². The van der Waals surface area contributed by atoms with Gasteiger partial charge in [0.1, 0.15) is 11.4 Å². The first-order valence-electron chi connectivity index (χ1n) is 6.37. The van der Waals surface area contributed by atoms with Crippen molar-refractivity contribution in [3.05, 3.63) is 28.3 Å². The Hall–Kier alpha value is -1.82. The van der Waals surface area contributed by atoms with E-state index >= 15 is 0 Å². The van der Waals surface area contributed by atoms with E-state index in [2.05, 4.69) is 5.32 Å². The highest BCUT2D eigenvalue weighted by Gasteiger charge is 2.22. The lowest BCUT2D eigenvalue weighted by molar-refractivity contribution is -0.384. The average molecular weight is 266 g/mol. The Kier molecular flexibility index (Phi) is 4.21. The average Bonchev–Trinajstić information content (AvgIpc) is 2.41. The number of hydrogen-bond donors (Lipinski definition) is 2. The Balaban J connectivity index is 2.13. The molecule has 1 saturated carbocycles. The Morgan fingerprint density at radius 1 is 1.37 bits per heavy atom. The number of rotatable bonds is 4. The van der Waals surface area contributed by atoms with Crippen molar-refractivity contribution in [2.24, 2.45) is 0 Å². The predicted octanol–water partition coefficient (Wildman–Crippen LogP) is 2.32. The van der Waals surface area contributed by atoms with Crippen molar-refractivity contribution in [3.63, 3.8) is 0 Å². The highest BCUT2D eigenvalue weighted by Crippen LogP contribution is 2.31. The van der Waals surface area contributed by atoms with E-state index in [0.29, 0.717) is 11.4 Å². The van der Waals surface area contributed by atoms with Crippen LogP contribution in [0.1, 0.15) is 25.7 Å². The maximum absolute atomic E-state index is 11.1. The minimum absolute atomic E-state index is 0.0190. The zero-order chi connectivity index (χ0) is 13.8. The largest absolute Gasteiger partial charge is 0.496 e. The van der Waals surface area contributed by atoms with Gasteiger partial charge in [0.05, 0.1) is 24.2 Å². The van der Waals surface area contributed by atoms with Gasteiger partial charge in [0.25, 0.3) is 5.69 Å². The Labute approximate surface area is 111 Å². The second-order valence-corrected chi connectivity index (χ2v) is 4.79. The third-order valence-electron chi connectivity index (χ3n) is 3.46. The van der Waals surface area contributed by atoms with Crippen LogP contribution < -0.4 is 10.1 Å². The summed E-state index contributed by atoms with van der Waals surface area (Å²) < 4.78 is 5.00. The summed E-state index contributed by atoms with van der Waals surface area (Å²) >= 11 is 0. The van der Waals surface area contributed by atoms with Gasteiger partial charge in [-0.05, 0) is 37.8 Å². The molecule has 0 bridgehead atoms. The second-order valence-electron chi connectivity index (χ2n) is 4.79. The fraction of sp³-hybridized carbons (Fsp3) is 0.538. The van der Waals surface area contributed by atoms with Gasteiger partial charge < -0.3 is 15.2 Å². The third kappa shape index (κ3) is 3.35. The molecule has 6 heteroatoms. The molecule has 2 rings (SSSR count). The number of aliphatic hydroxyl groups is 1. The van der Waals surface area contributed by atoms with Crippen molar-refractivity contribution in [1.82, 2.24) is 0 Å². The third-order valence-corrected chi connectivity index (χ3v) is 3.46. The van der Waals surface area contributed by atoms with Gasteiger partial charge in [-0.2, -0.15) is 0 Å². The highest BCUT2D eigenvalue weighted by molar-refractivity contribution is 5.64. The summed E-state index contributed by atoms with van der Waals surface area (Å²) in [5, 5.41) is 23.7. The second kappa shape index (κ2) is 5.88. The molecule has 0 radical (unpaired) electrons. The molecule has 0 spiro atoms. The fourth-order valence-electron chi connectivity index (χ4n) is 2.35. The summed E-state index contributed by atoms with van der Waals surface area (Å²) in [4.78, 5) is 10.6. The van der Waals surface area contributed by atoms with E-state index < -0.39 is 4.92 Å². The van der Waals surface area contributed by atoms with Crippen molar-refractivity contribution in [3.8, 4) is 5.75 Å². The highest BCUT2D eigenvalue weighted by atomic mass is 16.6. The standard InChI is InChI=1S/C13H18N2O4/c1-19-11-6-7-12(13(8-11)15(17)18)14-9-2-4-10(16)5-3-9/h6-10,14,16H,2-5H2,1H3/t9-,10-. The summed E-state index contributed by atoms with van der Waals surface area (Å²) in [5.41, 5.74) is 0.526. The molecule has 0 atom stereocenters. The number of benzene rings is 1. The number of ether oxygens (including phenoxy) is 1. The predicted molar refractivity (Wildman–Crippen MR) is 71.5 cm³/mol. The van der Waals surface area contributed by atoms with Crippen molar-refractivity contribution < 1.29 is 14.8 Å². The molecule has 0 saturated heterocycles. The maximum atomic E-state index is 11.1. The normalized spacial score (nSPS) is 22.8. The molecule has 1 fully saturated rings. The monoisotopic (exact) mass is 266 g/mol. The molecule has 104 valence electrons. The van der Waals surface area contributed by atoms with Gasteiger partial charge in [0.15, 0.2) is 0 Å². The zero-order valence-corrected chi connectivity index (χ0v) is 10.8. The smallest absolute Gasteiger partial charge is 0.296 e. The van der Waals surface area contributed by atoms with Crippen LogP contribution in [0, 0.1) is 10.1 Å². The molecule has 1 aliphatic rings. The molecule has 0 heterocycles. The molecule has 1 aliphatic carbocycles. The van der Waals surface area contributed by atoms with E-state index in [9.17, 15) is 15.2 Å². The summed E-state index contributed by atoms with van der Waals surface area (Å²) in [6, 6.07) is 4.96. The van der Waals surface area contributed by atoms with Gasteiger partial charge >= 0.3 is 0 Å². The SMILES string of the molecule is COc1ccc(N[C@H]2CC[C@H](O)CC2)c([N+](=O)[O-])c1. The van der Waals surface area contributed by atoms with Crippen molar-refractivity contribution in [1.29, 1.82) is 0 Å². The molecule has 0 aromatic heterocycles. The molecule has 0 amide bonds. The quantitative estimate of drug-likeness (QED) is 0.645. The zero-order valence-electron chi connectivity index (χ0n) is 10.8. The number of nitrogens with zero attached hydrogens (tertiary/aromatic N) is 1. The van der Waals surface area contributed by atoms with Gasteiger partial charge in [-0.3, -0.25) is 10.1 Å². The van der Waals surface area contributed by atoms with Gasteiger partial charge in [-0.1, -0.05) is 0 Å². The van der Waals surface area contributed by atoms with Crippen LogP contribution in [0.25, 0.3) is 0 Å². The van der Waals surface area contributed by atoms with E-state index in [-0.39, 0.29) is 17.8 Å². The number of nitrogens with one attached hydrogen (secondary N) is 1. The Bertz CT molecular complexity index is 456. The van der Waals surface area contributed by atoms with E-state index in [0.717, 1.165) is 25.7 Å².